The lowest BCUT2D eigenvalue weighted by Crippen LogP contribution is -2.25. The summed E-state index contributed by atoms with van der Waals surface area (Å²) in [6.07, 6.45) is 0. The molecular weight excluding hydrogens is 196 g/mol. The molecule has 0 atom stereocenters. The second kappa shape index (κ2) is 5.51. The maximum atomic E-state index is 11.4. The van der Waals surface area contributed by atoms with Gasteiger partial charge in [0, 0.05) is 23.6 Å². The van der Waals surface area contributed by atoms with Gasteiger partial charge in [-0.25, -0.2) is 0 Å². The molecule has 2 N–H and O–H groups in total. The van der Waals surface area contributed by atoms with Gasteiger partial charge in [0.2, 0.25) is 0 Å². The average Bonchev–Trinajstić information content (AvgIpc) is 2.25. The minimum absolute atomic E-state index is 0.112. The molecule has 0 unspecified atom stereocenters. The summed E-state index contributed by atoms with van der Waals surface area (Å²) in [6, 6.07) is 5.89. The van der Waals surface area contributed by atoms with Gasteiger partial charge in [-0.1, -0.05) is 5.11 Å². The molecule has 0 radical (unpaired) electrons. The number of hydrogen-bond acceptors (Lipinski definition) is 3. The highest BCUT2D eigenvalue weighted by Gasteiger charge is 2.03. The molecule has 1 aromatic rings. The molecule has 78 valence electrons. The highest BCUT2D eigenvalue weighted by atomic mass is 16.3. The molecule has 0 saturated carbocycles. The number of carbonyl (C=O) groups excluding carboxylic acids is 1. The van der Waals surface area contributed by atoms with Gasteiger partial charge in [0.25, 0.3) is 5.91 Å². The van der Waals surface area contributed by atoms with E-state index in [0.29, 0.717) is 12.1 Å². The standard InChI is InChI=1S/C9H10N4O2/c10-13-12-6-5-11-9(15)7-1-3-8(14)4-2-7/h1-4,14H,5-6H2,(H,11,15). The monoisotopic (exact) mass is 206 g/mol. The van der Waals surface area contributed by atoms with Crippen LogP contribution in [0.4, 0.5) is 0 Å². The molecule has 0 saturated heterocycles. The van der Waals surface area contributed by atoms with Crippen molar-refractivity contribution in [3.05, 3.63) is 40.3 Å². The van der Waals surface area contributed by atoms with E-state index in [9.17, 15) is 4.79 Å². The summed E-state index contributed by atoms with van der Waals surface area (Å²) in [6.45, 7) is 0.518. The van der Waals surface area contributed by atoms with E-state index in [1.165, 1.54) is 24.3 Å². The van der Waals surface area contributed by atoms with E-state index in [1.54, 1.807) is 0 Å². The molecule has 1 amide bonds. The van der Waals surface area contributed by atoms with Crippen LogP contribution in [0.15, 0.2) is 29.4 Å². The second-order valence-electron chi connectivity index (χ2n) is 2.76. The highest BCUT2D eigenvalue weighted by molar-refractivity contribution is 5.94. The van der Waals surface area contributed by atoms with E-state index in [0.717, 1.165) is 0 Å². The minimum Gasteiger partial charge on any atom is -0.508 e. The van der Waals surface area contributed by atoms with Crippen molar-refractivity contribution in [2.45, 2.75) is 0 Å². The Balaban J connectivity index is 2.46. The van der Waals surface area contributed by atoms with E-state index in [1.807, 2.05) is 0 Å². The van der Waals surface area contributed by atoms with Crippen molar-refractivity contribution >= 4 is 5.91 Å². The maximum Gasteiger partial charge on any atom is 0.251 e. The molecule has 0 spiro atoms. The van der Waals surface area contributed by atoms with Crippen molar-refractivity contribution in [2.24, 2.45) is 5.11 Å². The molecule has 15 heavy (non-hydrogen) atoms. The zero-order valence-electron chi connectivity index (χ0n) is 7.92. The molecule has 0 aliphatic rings. The Morgan fingerprint density at radius 2 is 2.13 bits per heavy atom. The summed E-state index contributed by atoms with van der Waals surface area (Å²) >= 11 is 0. The highest BCUT2D eigenvalue weighted by Crippen LogP contribution is 2.09. The van der Waals surface area contributed by atoms with Gasteiger partial charge in [-0.05, 0) is 29.8 Å². The topological polar surface area (TPSA) is 98.1 Å². The smallest absolute Gasteiger partial charge is 0.251 e. The minimum atomic E-state index is -0.261. The number of amides is 1. The van der Waals surface area contributed by atoms with E-state index >= 15 is 0 Å². The van der Waals surface area contributed by atoms with Gasteiger partial charge >= 0.3 is 0 Å². The van der Waals surface area contributed by atoms with Gasteiger partial charge in [0.15, 0.2) is 0 Å². The molecule has 0 heterocycles. The molecule has 6 heteroatoms. The molecule has 1 aromatic carbocycles. The van der Waals surface area contributed by atoms with Crippen LogP contribution in [0.25, 0.3) is 10.4 Å². The molecule has 6 nitrogen and oxygen atoms in total. The lowest BCUT2D eigenvalue weighted by molar-refractivity contribution is 0.0955. The third-order valence-corrected chi connectivity index (χ3v) is 1.69. The van der Waals surface area contributed by atoms with E-state index in [2.05, 4.69) is 15.3 Å². The summed E-state index contributed by atoms with van der Waals surface area (Å²) in [7, 11) is 0. The van der Waals surface area contributed by atoms with Crippen molar-refractivity contribution in [3.8, 4) is 5.75 Å². The van der Waals surface area contributed by atoms with Crippen molar-refractivity contribution in [1.29, 1.82) is 0 Å². The number of azide groups is 1. The van der Waals surface area contributed by atoms with Crippen LogP contribution < -0.4 is 5.32 Å². The van der Waals surface area contributed by atoms with Gasteiger partial charge < -0.3 is 10.4 Å². The molecule has 0 aliphatic carbocycles. The normalized spacial score (nSPS) is 9.07. The Labute approximate surface area is 86.2 Å². The third kappa shape index (κ3) is 3.58. The van der Waals surface area contributed by atoms with Gasteiger partial charge in [-0.3, -0.25) is 4.79 Å². The van der Waals surface area contributed by atoms with Gasteiger partial charge in [0.1, 0.15) is 5.75 Å². The van der Waals surface area contributed by atoms with Crippen LogP contribution in [-0.2, 0) is 0 Å². The Hall–Kier alpha value is -2.20. The van der Waals surface area contributed by atoms with Gasteiger partial charge in [0.05, 0.1) is 0 Å². The van der Waals surface area contributed by atoms with Crippen molar-refractivity contribution in [2.75, 3.05) is 13.1 Å². The van der Waals surface area contributed by atoms with Crippen molar-refractivity contribution in [3.63, 3.8) is 0 Å². The van der Waals surface area contributed by atoms with Crippen molar-refractivity contribution < 1.29 is 9.90 Å². The summed E-state index contributed by atoms with van der Waals surface area (Å²) in [5.74, 6) is -0.149. The lowest BCUT2D eigenvalue weighted by Gasteiger charge is -2.02. The molecule has 0 fully saturated rings. The quantitative estimate of drug-likeness (QED) is 0.337. The van der Waals surface area contributed by atoms with Crippen LogP contribution in [0, 0.1) is 0 Å². The fourth-order valence-electron chi connectivity index (χ4n) is 0.979. The first-order valence-electron chi connectivity index (χ1n) is 4.32. The predicted molar refractivity (Wildman–Crippen MR) is 54.5 cm³/mol. The van der Waals surface area contributed by atoms with Crippen LogP contribution >= 0.6 is 0 Å². The number of hydrogen-bond donors (Lipinski definition) is 2. The van der Waals surface area contributed by atoms with E-state index < -0.39 is 0 Å². The number of rotatable bonds is 4. The predicted octanol–water partition coefficient (Wildman–Crippen LogP) is 1.43. The van der Waals surface area contributed by atoms with Crippen LogP contribution in [0.1, 0.15) is 10.4 Å². The number of carbonyl (C=O) groups is 1. The average molecular weight is 206 g/mol. The Morgan fingerprint density at radius 3 is 2.73 bits per heavy atom. The zero-order chi connectivity index (χ0) is 11.1. The van der Waals surface area contributed by atoms with Crippen LogP contribution in [0.2, 0.25) is 0 Å². The van der Waals surface area contributed by atoms with Crippen LogP contribution in [-0.4, -0.2) is 24.1 Å². The second-order valence-corrected chi connectivity index (χ2v) is 2.76. The first-order valence-corrected chi connectivity index (χ1v) is 4.32. The molecule has 1 rings (SSSR count). The zero-order valence-corrected chi connectivity index (χ0v) is 7.92. The fourth-order valence-corrected chi connectivity index (χ4v) is 0.979. The Morgan fingerprint density at radius 1 is 1.47 bits per heavy atom. The SMILES string of the molecule is [N-]=[N+]=NCCNC(=O)c1ccc(O)cc1. The largest absolute Gasteiger partial charge is 0.508 e. The number of aromatic hydroxyl groups is 1. The lowest BCUT2D eigenvalue weighted by atomic mass is 10.2. The van der Waals surface area contributed by atoms with Crippen LogP contribution in [0.5, 0.6) is 5.75 Å². The van der Waals surface area contributed by atoms with Crippen LogP contribution in [0.3, 0.4) is 0 Å². The fraction of sp³-hybridized carbons (Fsp3) is 0.222. The molecular formula is C9H10N4O2. The number of benzene rings is 1. The summed E-state index contributed by atoms with van der Waals surface area (Å²) in [5, 5.41) is 14.8. The summed E-state index contributed by atoms with van der Waals surface area (Å²) < 4.78 is 0. The summed E-state index contributed by atoms with van der Waals surface area (Å²) in [5.41, 5.74) is 8.45. The molecule has 0 bridgehead atoms. The van der Waals surface area contributed by atoms with E-state index in [-0.39, 0.29) is 18.2 Å². The van der Waals surface area contributed by atoms with E-state index in [4.69, 9.17) is 10.6 Å². The third-order valence-electron chi connectivity index (χ3n) is 1.69. The number of nitrogens with zero attached hydrogens (tertiary/aromatic N) is 3. The van der Waals surface area contributed by atoms with Gasteiger partial charge in [-0.15, -0.1) is 0 Å². The first kappa shape index (κ1) is 10.9. The first-order chi connectivity index (χ1) is 7.24. The summed E-state index contributed by atoms with van der Waals surface area (Å²) in [4.78, 5) is 13.9. The Kier molecular flexibility index (Phi) is 4.00. The number of phenols is 1. The Bertz CT molecular complexity index is 382. The molecule has 0 aromatic heterocycles. The number of nitrogens with one attached hydrogen (secondary N) is 1. The van der Waals surface area contributed by atoms with Gasteiger partial charge in [-0.2, -0.15) is 0 Å². The maximum absolute atomic E-state index is 11.4. The number of phenolic OH excluding ortho intramolecular Hbond substituents is 1. The van der Waals surface area contributed by atoms with Crippen molar-refractivity contribution in [1.82, 2.24) is 5.32 Å². The molecule has 0 aliphatic heterocycles.